The molecule has 0 fully saturated rings. The molecule has 254 valence electrons. The third-order valence-corrected chi connectivity index (χ3v) is 13.3. The Morgan fingerprint density at radius 2 is 0.945 bits per heavy atom. The number of thiophene rings is 1. The molecule has 0 bridgehead atoms. The molecule has 1 aliphatic carbocycles. The van der Waals surface area contributed by atoms with Gasteiger partial charge in [-0.2, -0.15) is 0 Å². The van der Waals surface area contributed by atoms with E-state index >= 15 is 0 Å². The third kappa shape index (κ3) is 3.92. The molecule has 0 spiro atoms. The summed E-state index contributed by atoms with van der Waals surface area (Å²) in [7, 11) is 0. The summed E-state index contributed by atoms with van der Waals surface area (Å²) in [6.07, 6.45) is 0. The monoisotopic (exact) mass is 714 g/mol. The highest BCUT2D eigenvalue weighted by atomic mass is 32.1. The van der Waals surface area contributed by atoms with Crippen molar-refractivity contribution in [2.24, 2.45) is 0 Å². The van der Waals surface area contributed by atoms with Crippen LogP contribution < -0.4 is 0 Å². The molecule has 12 aromatic rings. The lowest BCUT2D eigenvalue weighted by molar-refractivity contribution is 1.18. The van der Waals surface area contributed by atoms with Crippen LogP contribution >= 0.6 is 11.3 Å². The molecular weight excluding hydrogens is 685 g/mol. The zero-order valence-corrected chi connectivity index (χ0v) is 30.4. The van der Waals surface area contributed by atoms with Crippen LogP contribution in [0.15, 0.2) is 182 Å². The van der Waals surface area contributed by atoms with E-state index in [-0.39, 0.29) is 0 Å². The molecule has 55 heavy (non-hydrogen) atoms. The predicted octanol–water partition coefficient (Wildman–Crippen LogP) is 14.7. The Morgan fingerprint density at radius 1 is 0.345 bits per heavy atom. The van der Waals surface area contributed by atoms with Gasteiger partial charge in [0.05, 0.1) is 27.8 Å². The number of para-hydroxylation sites is 3. The number of hydrogen-bond acceptors (Lipinski definition) is 1. The minimum atomic E-state index is 1.18. The summed E-state index contributed by atoms with van der Waals surface area (Å²) in [5.41, 5.74) is 15.1. The smallest absolute Gasteiger partial charge is 0.0541 e. The second-order valence-electron chi connectivity index (χ2n) is 14.8. The van der Waals surface area contributed by atoms with Gasteiger partial charge in [0.15, 0.2) is 0 Å². The Labute approximate surface area is 320 Å². The fourth-order valence-electron chi connectivity index (χ4n) is 9.72. The lowest BCUT2D eigenvalue weighted by Crippen LogP contribution is -1.95. The summed E-state index contributed by atoms with van der Waals surface area (Å²) in [6, 6.07) is 67.5. The van der Waals surface area contributed by atoms with E-state index in [4.69, 9.17) is 0 Å². The minimum absolute atomic E-state index is 1.18. The van der Waals surface area contributed by atoms with Crippen LogP contribution in [0, 0.1) is 0 Å². The zero-order valence-electron chi connectivity index (χ0n) is 29.6. The van der Waals surface area contributed by atoms with E-state index in [1.807, 2.05) is 11.3 Å². The van der Waals surface area contributed by atoms with Gasteiger partial charge in [-0.25, -0.2) is 0 Å². The fourth-order valence-corrected chi connectivity index (χ4v) is 11.0. The average molecular weight is 715 g/mol. The van der Waals surface area contributed by atoms with Gasteiger partial charge in [0, 0.05) is 58.4 Å². The Balaban J connectivity index is 1.01. The van der Waals surface area contributed by atoms with Gasteiger partial charge in [-0.3, -0.25) is 0 Å². The van der Waals surface area contributed by atoms with E-state index in [0.717, 1.165) is 0 Å². The molecule has 2 nitrogen and oxygen atoms in total. The Bertz CT molecular complexity index is 3600. The van der Waals surface area contributed by atoms with Crippen molar-refractivity contribution in [2.45, 2.75) is 0 Å². The van der Waals surface area contributed by atoms with E-state index in [2.05, 4.69) is 191 Å². The summed E-state index contributed by atoms with van der Waals surface area (Å²) >= 11 is 1.92. The topological polar surface area (TPSA) is 9.86 Å². The largest absolute Gasteiger partial charge is 0.309 e. The maximum absolute atomic E-state index is 2.49. The zero-order chi connectivity index (χ0) is 35.8. The number of nitrogens with zero attached hydrogens (tertiary/aromatic N) is 2. The van der Waals surface area contributed by atoms with Crippen molar-refractivity contribution < 1.29 is 0 Å². The van der Waals surface area contributed by atoms with E-state index in [1.54, 1.807) is 0 Å². The second kappa shape index (κ2) is 10.8. The van der Waals surface area contributed by atoms with Crippen molar-refractivity contribution in [3.8, 4) is 44.8 Å². The first-order chi connectivity index (χ1) is 27.3. The molecule has 0 saturated carbocycles. The van der Waals surface area contributed by atoms with Crippen molar-refractivity contribution in [2.75, 3.05) is 0 Å². The number of fused-ring (bicyclic) bond motifs is 13. The van der Waals surface area contributed by atoms with Crippen LogP contribution in [0.1, 0.15) is 0 Å². The first kappa shape index (κ1) is 29.5. The Kier molecular flexibility index (Phi) is 5.80. The summed E-state index contributed by atoms with van der Waals surface area (Å²) in [5, 5.41) is 10.4. The maximum atomic E-state index is 2.49. The molecule has 3 heterocycles. The van der Waals surface area contributed by atoms with E-state index in [9.17, 15) is 0 Å². The van der Waals surface area contributed by atoms with Crippen LogP contribution in [-0.4, -0.2) is 9.13 Å². The fraction of sp³-hybridized carbons (Fsp3) is 0. The molecule has 0 saturated heterocycles. The predicted molar refractivity (Wildman–Crippen MR) is 235 cm³/mol. The van der Waals surface area contributed by atoms with E-state index in [1.165, 1.54) is 119 Å². The summed E-state index contributed by atoms with van der Waals surface area (Å²) < 4.78 is 7.60. The van der Waals surface area contributed by atoms with Crippen molar-refractivity contribution in [3.63, 3.8) is 0 Å². The highest BCUT2D eigenvalue weighted by Gasteiger charge is 2.27. The molecule has 1 aliphatic rings. The summed E-state index contributed by atoms with van der Waals surface area (Å²) in [5.74, 6) is 0. The first-order valence-corrected chi connectivity index (χ1v) is 19.8. The molecule has 0 unspecified atom stereocenters. The molecule has 3 heteroatoms. The normalized spacial score (nSPS) is 12.4. The van der Waals surface area contributed by atoms with Gasteiger partial charge in [0.2, 0.25) is 0 Å². The molecule has 0 radical (unpaired) electrons. The molecule has 3 aromatic heterocycles. The summed E-state index contributed by atoms with van der Waals surface area (Å²) in [6.45, 7) is 0. The maximum Gasteiger partial charge on any atom is 0.0541 e. The molecule has 9 aromatic carbocycles. The van der Waals surface area contributed by atoms with Gasteiger partial charge in [-0.15, -0.1) is 11.3 Å². The van der Waals surface area contributed by atoms with Crippen molar-refractivity contribution in [1.29, 1.82) is 0 Å². The van der Waals surface area contributed by atoms with Gasteiger partial charge in [0.1, 0.15) is 0 Å². The molecule has 0 amide bonds. The third-order valence-electron chi connectivity index (χ3n) is 12.1. The second-order valence-corrected chi connectivity index (χ2v) is 15.9. The highest BCUT2D eigenvalue weighted by Crippen LogP contribution is 2.54. The van der Waals surface area contributed by atoms with E-state index < -0.39 is 0 Å². The first-order valence-electron chi connectivity index (χ1n) is 18.9. The molecule has 13 rings (SSSR count). The molecule has 0 N–H and O–H groups in total. The Hall–Kier alpha value is -6.94. The van der Waals surface area contributed by atoms with Crippen molar-refractivity contribution >= 4 is 85.9 Å². The van der Waals surface area contributed by atoms with Crippen LogP contribution in [0.3, 0.4) is 0 Å². The van der Waals surface area contributed by atoms with Crippen LogP contribution in [0.25, 0.3) is 119 Å². The standard InChI is InChI=1S/C52H30N2S/c1-2-11-33(12-3-1)53-44-18-7-4-13-34(44)42-29-31(21-26-47(42)53)32-22-27-48-43(30-32)35-14-5-8-19-45(35)54(48)46-28-25-37-38-23-24-39-36-15-6-9-20-49(36)55-52(39)51(38)41-17-10-16-40(46)50(37)41/h1-30H. The summed E-state index contributed by atoms with van der Waals surface area (Å²) in [4.78, 5) is 0. The molecule has 0 atom stereocenters. The lowest BCUT2D eigenvalue weighted by Gasteiger charge is -2.13. The Morgan fingerprint density at radius 3 is 1.71 bits per heavy atom. The van der Waals surface area contributed by atoms with E-state index in [0.29, 0.717) is 0 Å². The number of hydrogen-bond donors (Lipinski definition) is 0. The van der Waals surface area contributed by atoms with Gasteiger partial charge >= 0.3 is 0 Å². The molecular formula is C52H30N2S. The quantitative estimate of drug-likeness (QED) is 0.172. The number of aromatic nitrogens is 2. The van der Waals surface area contributed by atoms with Gasteiger partial charge in [-0.1, -0.05) is 121 Å². The van der Waals surface area contributed by atoms with Crippen LogP contribution in [-0.2, 0) is 0 Å². The van der Waals surface area contributed by atoms with Gasteiger partial charge in [-0.05, 0) is 93.9 Å². The highest BCUT2D eigenvalue weighted by molar-refractivity contribution is 7.26. The number of benzene rings is 9. The van der Waals surface area contributed by atoms with Crippen LogP contribution in [0.4, 0.5) is 0 Å². The number of rotatable bonds is 3. The van der Waals surface area contributed by atoms with Gasteiger partial charge < -0.3 is 9.13 Å². The van der Waals surface area contributed by atoms with Crippen molar-refractivity contribution in [1.82, 2.24) is 9.13 Å². The van der Waals surface area contributed by atoms with Gasteiger partial charge in [0.25, 0.3) is 0 Å². The van der Waals surface area contributed by atoms with Crippen LogP contribution in [0.2, 0.25) is 0 Å². The molecule has 0 aliphatic heterocycles. The average Bonchev–Trinajstić information content (AvgIpc) is 3.98. The van der Waals surface area contributed by atoms with Crippen LogP contribution in [0.5, 0.6) is 0 Å². The minimum Gasteiger partial charge on any atom is -0.309 e. The lowest BCUT2D eigenvalue weighted by atomic mass is 10.0. The van der Waals surface area contributed by atoms with Crippen molar-refractivity contribution in [3.05, 3.63) is 182 Å². The SMILES string of the molecule is c1ccc(-n2c3ccccc3c3cc(-c4ccc5c(c4)c4ccccc4n5-c4ccc5c6c(cccc46)-c4c-5ccc5c4sc4ccccc45)ccc32)cc1.